The van der Waals surface area contributed by atoms with E-state index in [1.165, 1.54) is 20.3 Å². The molecule has 0 atom stereocenters. The molecule has 0 bridgehead atoms. The summed E-state index contributed by atoms with van der Waals surface area (Å²) in [6.07, 6.45) is 3.34. The van der Waals surface area contributed by atoms with Crippen LogP contribution in [-0.4, -0.2) is 34.8 Å². The zero-order valence-electron chi connectivity index (χ0n) is 15.6. The molecule has 0 unspecified atom stereocenters. The number of nitro benzene ring substituents is 1. The lowest BCUT2D eigenvalue weighted by Crippen LogP contribution is -2.23. The second kappa shape index (κ2) is 8.61. The van der Waals surface area contributed by atoms with Crippen LogP contribution in [0, 0.1) is 10.1 Å². The van der Waals surface area contributed by atoms with Crippen molar-refractivity contribution < 1.29 is 19.2 Å². The Labute approximate surface area is 171 Å². The Balaban J connectivity index is 1.77. The minimum atomic E-state index is -0.643. The number of ether oxygens (including phenoxy) is 2. The monoisotopic (exact) mass is 416 g/mol. The molecule has 0 aliphatic rings. The van der Waals surface area contributed by atoms with Crippen LogP contribution in [0.2, 0.25) is 5.02 Å². The van der Waals surface area contributed by atoms with Gasteiger partial charge < -0.3 is 14.8 Å². The summed E-state index contributed by atoms with van der Waals surface area (Å²) in [6.45, 7) is 0.137. The molecule has 0 radical (unpaired) electrons. The highest BCUT2D eigenvalue weighted by Crippen LogP contribution is 2.34. The van der Waals surface area contributed by atoms with Crippen molar-refractivity contribution in [2.75, 3.05) is 14.2 Å². The first-order chi connectivity index (χ1) is 13.9. The zero-order valence-corrected chi connectivity index (χ0v) is 16.3. The van der Waals surface area contributed by atoms with Crippen LogP contribution in [0.3, 0.4) is 0 Å². The van der Waals surface area contributed by atoms with E-state index in [2.05, 4.69) is 10.4 Å². The number of hydrogen-bond donors (Lipinski definition) is 1. The maximum atomic E-state index is 12.6. The Morgan fingerprint density at radius 2 is 1.86 bits per heavy atom. The first kappa shape index (κ1) is 20.2. The fourth-order valence-electron chi connectivity index (χ4n) is 2.67. The number of hydrogen-bond acceptors (Lipinski definition) is 6. The number of rotatable bonds is 7. The van der Waals surface area contributed by atoms with E-state index >= 15 is 0 Å². The zero-order chi connectivity index (χ0) is 21.0. The maximum absolute atomic E-state index is 12.6. The molecule has 150 valence electrons. The summed E-state index contributed by atoms with van der Waals surface area (Å²) < 4.78 is 11.8. The van der Waals surface area contributed by atoms with Crippen molar-refractivity contribution in [1.29, 1.82) is 0 Å². The lowest BCUT2D eigenvalue weighted by atomic mass is 10.1. The lowest BCUT2D eigenvalue weighted by Gasteiger charge is -2.10. The van der Waals surface area contributed by atoms with Gasteiger partial charge in [0.1, 0.15) is 5.56 Å². The van der Waals surface area contributed by atoms with Gasteiger partial charge in [-0.05, 0) is 24.3 Å². The Morgan fingerprint density at radius 3 is 2.48 bits per heavy atom. The van der Waals surface area contributed by atoms with Gasteiger partial charge in [-0.2, -0.15) is 5.10 Å². The van der Waals surface area contributed by atoms with Gasteiger partial charge in [-0.25, -0.2) is 4.68 Å². The molecule has 10 heteroatoms. The second-order valence-electron chi connectivity index (χ2n) is 5.93. The van der Waals surface area contributed by atoms with Gasteiger partial charge in [0.05, 0.1) is 37.1 Å². The summed E-state index contributed by atoms with van der Waals surface area (Å²) in [5, 5.41) is 18.9. The highest BCUT2D eigenvalue weighted by Gasteiger charge is 2.24. The van der Waals surface area contributed by atoms with Crippen LogP contribution in [0.1, 0.15) is 15.9 Å². The molecule has 0 spiro atoms. The predicted molar refractivity (Wildman–Crippen MR) is 106 cm³/mol. The number of aromatic nitrogens is 2. The maximum Gasteiger partial charge on any atom is 0.286 e. The molecule has 2 aromatic carbocycles. The van der Waals surface area contributed by atoms with E-state index in [4.69, 9.17) is 21.1 Å². The van der Waals surface area contributed by atoms with Crippen molar-refractivity contribution in [3.63, 3.8) is 0 Å². The average Bonchev–Trinajstić information content (AvgIpc) is 3.20. The van der Waals surface area contributed by atoms with E-state index in [1.54, 1.807) is 29.2 Å². The third kappa shape index (κ3) is 4.46. The largest absolute Gasteiger partial charge is 0.493 e. The molecule has 1 N–H and O–H groups in total. The first-order valence-electron chi connectivity index (χ1n) is 8.41. The van der Waals surface area contributed by atoms with Gasteiger partial charge in [-0.1, -0.05) is 11.6 Å². The molecule has 3 aromatic rings. The van der Waals surface area contributed by atoms with Gasteiger partial charge in [0, 0.05) is 29.4 Å². The third-order valence-corrected chi connectivity index (χ3v) is 4.38. The number of halogens is 1. The van der Waals surface area contributed by atoms with Gasteiger partial charge in [-0.3, -0.25) is 14.9 Å². The highest BCUT2D eigenvalue weighted by atomic mass is 35.5. The summed E-state index contributed by atoms with van der Waals surface area (Å²) >= 11 is 5.88. The number of amides is 1. The molecular formula is C19H17ClN4O5. The third-order valence-electron chi connectivity index (χ3n) is 4.12. The topological polar surface area (TPSA) is 109 Å². The quantitative estimate of drug-likeness (QED) is 0.467. The number of benzene rings is 2. The molecule has 1 heterocycles. The Kier molecular flexibility index (Phi) is 5.99. The van der Waals surface area contributed by atoms with Crippen LogP contribution in [0.4, 0.5) is 5.69 Å². The standard InChI is InChI=1S/C19H17ClN4O5/c1-28-17-7-15(16(24(26)27)8-18(17)29-2)19(25)21-9-12-10-22-23(11-12)14-5-3-13(20)4-6-14/h3-8,10-11H,9H2,1-2H3,(H,21,25). The minimum Gasteiger partial charge on any atom is -0.493 e. The van der Waals surface area contributed by atoms with E-state index < -0.39 is 10.8 Å². The van der Waals surface area contributed by atoms with Crippen LogP contribution in [-0.2, 0) is 6.54 Å². The van der Waals surface area contributed by atoms with E-state index in [1.807, 2.05) is 12.1 Å². The Bertz CT molecular complexity index is 1050. The van der Waals surface area contributed by atoms with Crippen molar-refractivity contribution >= 4 is 23.2 Å². The van der Waals surface area contributed by atoms with Crippen molar-refractivity contribution in [3.05, 3.63) is 75.1 Å². The molecule has 0 saturated carbocycles. The molecule has 29 heavy (non-hydrogen) atoms. The Hall–Kier alpha value is -3.59. The molecule has 1 aromatic heterocycles. The van der Waals surface area contributed by atoms with E-state index in [9.17, 15) is 14.9 Å². The minimum absolute atomic E-state index is 0.127. The van der Waals surface area contributed by atoms with Crippen molar-refractivity contribution in [1.82, 2.24) is 15.1 Å². The summed E-state index contributed by atoms with van der Waals surface area (Å²) in [5.74, 6) is -0.226. The van der Waals surface area contributed by atoms with E-state index in [0.29, 0.717) is 5.02 Å². The number of carbonyl (C=O) groups excluding carboxylic acids is 1. The number of nitrogens with zero attached hydrogens (tertiary/aromatic N) is 3. The van der Waals surface area contributed by atoms with Gasteiger partial charge >= 0.3 is 0 Å². The molecule has 0 saturated heterocycles. The number of nitro groups is 1. The molecular weight excluding hydrogens is 400 g/mol. The molecule has 1 amide bonds. The van der Waals surface area contributed by atoms with Gasteiger partial charge in [0.25, 0.3) is 11.6 Å². The fourth-order valence-corrected chi connectivity index (χ4v) is 2.79. The fraction of sp³-hybridized carbons (Fsp3) is 0.158. The number of carbonyl (C=O) groups is 1. The first-order valence-corrected chi connectivity index (χ1v) is 8.79. The second-order valence-corrected chi connectivity index (χ2v) is 6.37. The lowest BCUT2D eigenvalue weighted by molar-refractivity contribution is -0.385. The summed E-state index contributed by atoms with van der Waals surface area (Å²) in [5.41, 5.74) is 1.02. The molecule has 0 aliphatic heterocycles. The van der Waals surface area contributed by atoms with Crippen molar-refractivity contribution in [2.24, 2.45) is 0 Å². The van der Waals surface area contributed by atoms with Gasteiger partial charge in [-0.15, -0.1) is 0 Å². The summed E-state index contributed by atoms with van der Waals surface area (Å²) in [7, 11) is 2.75. The van der Waals surface area contributed by atoms with E-state index in [0.717, 1.165) is 17.3 Å². The highest BCUT2D eigenvalue weighted by molar-refractivity contribution is 6.30. The van der Waals surface area contributed by atoms with E-state index in [-0.39, 0.29) is 29.3 Å². The number of methoxy groups -OCH3 is 2. The SMILES string of the molecule is COc1cc(C(=O)NCc2cnn(-c3ccc(Cl)cc3)c2)c([N+](=O)[O-])cc1OC. The van der Waals surface area contributed by atoms with Gasteiger partial charge in [0.15, 0.2) is 11.5 Å². The molecule has 0 aliphatic carbocycles. The Morgan fingerprint density at radius 1 is 1.21 bits per heavy atom. The van der Waals surface area contributed by atoms with Crippen LogP contribution in [0.5, 0.6) is 11.5 Å². The predicted octanol–water partition coefficient (Wildman–Crippen LogP) is 3.38. The summed E-state index contributed by atoms with van der Waals surface area (Å²) in [6, 6.07) is 9.55. The van der Waals surface area contributed by atoms with Crippen LogP contribution >= 0.6 is 11.6 Å². The van der Waals surface area contributed by atoms with Gasteiger partial charge in [0.2, 0.25) is 0 Å². The smallest absolute Gasteiger partial charge is 0.286 e. The average molecular weight is 417 g/mol. The van der Waals surface area contributed by atoms with Crippen molar-refractivity contribution in [3.8, 4) is 17.2 Å². The normalized spacial score (nSPS) is 10.4. The van der Waals surface area contributed by atoms with Crippen LogP contribution in [0.25, 0.3) is 5.69 Å². The molecule has 3 rings (SSSR count). The molecule has 0 fully saturated rings. The van der Waals surface area contributed by atoms with Crippen molar-refractivity contribution in [2.45, 2.75) is 6.54 Å². The molecule has 9 nitrogen and oxygen atoms in total. The number of nitrogens with one attached hydrogen (secondary N) is 1. The van der Waals surface area contributed by atoms with Crippen LogP contribution < -0.4 is 14.8 Å². The van der Waals surface area contributed by atoms with Crippen LogP contribution in [0.15, 0.2) is 48.8 Å². The summed E-state index contributed by atoms with van der Waals surface area (Å²) in [4.78, 5) is 23.3.